The molecule has 1 spiro atoms. The minimum absolute atomic E-state index is 0.370. The first kappa shape index (κ1) is 23.1. The van der Waals surface area contributed by atoms with Gasteiger partial charge in [0.05, 0.1) is 5.41 Å². The van der Waals surface area contributed by atoms with Crippen LogP contribution in [0.25, 0.3) is 65.7 Å². The van der Waals surface area contributed by atoms with Crippen molar-refractivity contribution in [3.63, 3.8) is 0 Å². The van der Waals surface area contributed by atoms with E-state index in [-0.39, 0.29) is 5.41 Å². The third-order valence-electron chi connectivity index (χ3n) is 10.1. The van der Waals surface area contributed by atoms with Crippen molar-refractivity contribution in [2.45, 2.75) is 5.41 Å². The fourth-order valence-corrected chi connectivity index (χ4v) is 8.45. The second-order valence-corrected chi connectivity index (χ2v) is 12.0. The Morgan fingerprint density at radius 2 is 0.721 bits per heavy atom. The summed E-state index contributed by atoms with van der Waals surface area (Å²) in [6.07, 6.45) is 0. The molecule has 0 fully saturated rings. The number of hydrogen-bond acceptors (Lipinski definition) is 0. The molecule has 10 rings (SSSR count). The number of hydrogen-bond donors (Lipinski definition) is 0. The van der Waals surface area contributed by atoms with Crippen LogP contribution in [-0.2, 0) is 5.41 Å². The summed E-state index contributed by atoms with van der Waals surface area (Å²) in [5.74, 6) is 0. The van der Waals surface area contributed by atoms with Gasteiger partial charge in [0.15, 0.2) is 0 Å². The van der Waals surface area contributed by atoms with E-state index < -0.39 is 0 Å². The van der Waals surface area contributed by atoms with Gasteiger partial charge >= 0.3 is 0 Å². The standard InChI is InChI=1S/C43H26/c1-2-14-28-27(13-1)25-36(30-16-4-3-15-29(28)30)37-26-41-42(34-20-6-5-17-31(34)37)35-21-9-12-24-40(35)43(41)38-22-10-7-18-32(38)33-19-8-11-23-39(33)43/h1-26H. The molecule has 0 aromatic heterocycles. The molecule has 0 saturated carbocycles. The Hall–Kier alpha value is -5.46. The molecule has 0 heteroatoms. The van der Waals surface area contributed by atoms with Gasteiger partial charge in [-0.05, 0) is 100 Å². The minimum Gasteiger partial charge on any atom is -0.0619 e. The fraction of sp³-hybridized carbons (Fsp3) is 0.0233. The first-order chi connectivity index (χ1) is 21.4. The molecule has 0 nitrogen and oxygen atoms in total. The monoisotopic (exact) mass is 542 g/mol. The van der Waals surface area contributed by atoms with Crippen LogP contribution >= 0.6 is 0 Å². The molecule has 0 aliphatic heterocycles. The third kappa shape index (κ3) is 2.81. The number of rotatable bonds is 1. The van der Waals surface area contributed by atoms with Gasteiger partial charge in [-0.15, -0.1) is 0 Å². The SMILES string of the molecule is c1ccc2c(c1)-c1ccccc1C21c2ccccc2-c2c1cc(-c1cc3ccccc3c3ccccc13)c1ccccc21. The molecule has 0 saturated heterocycles. The van der Waals surface area contributed by atoms with Crippen molar-refractivity contribution in [3.05, 3.63) is 180 Å². The summed E-state index contributed by atoms with van der Waals surface area (Å²) in [5, 5.41) is 7.79. The molecule has 2 aliphatic rings. The molecule has 8 aromatic rings. The summed E-state index contributed by atoms with van der Waals surface area (Å²) in [4.78, 5) is 0. The van der Waals surface area contributed by atoms with Crippen molar-refractivity contribution < 1.29 is 0 Å². The molecule has 0 bridgehead atoms. The molecule has 0 N–H and O–H groups in total. The van der Waals surface area contributed by atoms with E-state index in [2.05, 4.69) is 158 Å². The predicted octanol–water partition coefficient (Wildman–Crippen LogP) is 11.2. The van der Waals surface area contributed by atoms with E-state index in [1.54, 1.807) is 0 Å². The summed E-state index contributed by atoms with van der Waals surface area (Å²) in [6.45, 7) is 0. The molecule has 0 heterocycles. The third-order valence-corrected chi connectivity index (χ3v) is 10.1. The van der Waals surface area contributed by atoms with Crippen LogP contribution in [0.1, 0.15) is 22.3 Å². The zero-order chi connectivity index (χ0) is 28.1. The molecule has 8 aromatic carbocycles. The molecule has 0 atom stereocenters. The lowest BCUT2D eigenvalue weighted by Crippen LogP contribution is -2.25. The van der Waals surface area contributed by atoms with Gasteiger partial charge in [-0.3, -0.25) is 0 Å². The van der Waals surface area contributed by atoms with E-state index in [1.165, 1.54) is 88.0 Å². The fourth-order valence-electron chi connectivity index (χ4n) is 8.45. The van der Waals surface area contributed by atoms with Gasteiger partial charge in [-0.25, -0.2) is 0 Å². The Bertz CT molecular complexity index is 2410. The number of fused-ring (bicyclic) bond motifs is 15. The van der Waals surface area contributed by atoms with Crippen LogP contribution in [0.5, 0.6) is 0 Å². The zero-order valence-electron chi connectivity index (χ0n) is 23.5. The van der Waals surface area contributed by atoms with Crippen LogP contribution < -0.4 is 0 Å². The van der Waals surface area contributed by atoms with Crippen LogP contribution in [0.2, 0.25) is 0 Å². The van der Waals surface area contributed by atoms with E-state index in [9.17, 15) is 0 Å². The summed E-state index contributed by atoms with van der Waals surface area (Å²) in [5.41, 5.74) is 13.1. The summed E-state index contributed by atoms with van der Waals surface area (Å²) >= 11 is 0. The second-order valence-electron chi connectivity index (χ2n) is 12.0. The second kappa shape index (κ2) is 8.31. The lowest BCUT2D eigenvalue weighted by Gasteiger charge is -2.31. The van der Waals surface area contributed by atoms with Gasteiger partial charge < -0.3 is 0 Å². The normalized spacial score (nSPS) is 13.8. The molecule has 0 unspecified atom stereocenters. The predicted molar refractivity (Wildman–Crippen MR) is 181 cm³/mol. The van der Waals surface area contributed by atoms with Crippen molar-refractivity contribution in [2.75, 3.05) is 0 Å². The molecule has 198 valence electrons. The topological polar surface area (TPSA) is 0 Å². The van der Waals surface area contributed by atoms with Crippen molar-refractivity contribution in [1.82, 2.24) is 0 Å². The maximum Gasteiger partial charge on any atom is 0.0725 e. The highest BCUT2D eigenvalue weighted by Gasteiger charge is 2.52. The number of benzene rings is 8. The lowest BCUT2D eigenvalue weighted by molar-refractivity contribution is 0.795. The van der Waals surface area contributed by atoms with E-state index in [4.69, 9.17) is 0 Å². The van der Waals surface area contributed by atoms with Crippen LogP contribution in [0.15, 0.2) is 158 Å². The average molecular weight is 543 g/mol. The van der Waals surface area contributed by atoms with Crippen LogP contribution in [0.3, 0.4) is 0 Å². The van der Waals surface area contributed by atoms with Gasteiger partial charge in [0, 0.05) is 0 Å². The smallest absolute Gasteiger partial charge is 0.0619 e. The van der Waals surface area contributed by atoms with E-state index in [1.807, 2.05) is 0 Å². The molecule has 43 heavy (non-hydrogen) atoms. The van der Waals surface area contributed by atoms with Crippen molar-refractivity contribution in [1.29, 1.82) is 0 Å². The highest BCUT2D eigenvalue weighted by molar-refractivity contribution is 6.18. The average Bonchev–Trinajstić information content (AvgIpc) is 3.55. The highest BCUT2D eigenvalue weighted by Crippen LogP contribution is 2.64. The van der Waals surface area contributed by atoms with Crippen LogP contribution in [0.4, 0.5) is 0 Å². The quantitative estimate of drug-likeness (QED) is 0.181. The largest absolute Gasteiger partial charge is 0.0725 e. The zero-order valence-corrected chi connectivity index (χ0v) is 23.5. The lowest BCUT2D eigenvalue weighted by atomic mass is 9.70. The van der Waals surface area contributed by atoms with Gasteiger partial charge in [0.2, 0.25) is 0 Å². The summed E-state index contributed by atoms with van der Waals surface area (Å²) < 4.78 is 0. The summed E-state index contributed by atoms with van der Waals surface area (Å²) in [6, 6.07) is 59.0. The van der Waals surface area contributed by atoms with Gasteiger partial charge in [0.25, 0.3) is 0 Å². The molecule has 0 radical (unpaired) electrons. The maximum atomic E-state index is 2.55. The van der Waals surface area contributed by atoms with Crippen LogP contribution in [0, 0.1) is 0 Å². The van der Waals surface area contributed by atoms with Gasteiger partial charge in [-0.1, -0.05) is 146 Å². The Morgan fingerprint density at radius 3 is 1.40 bits per heavy atom. The highest BCUT2D eigenvalue weighted by atomic mass is 14.5. The van der Waals surface area contributed by atoms with E-state index >= 15 is 0 Å². The van der Waals surface area contributed by atoms with E-state index in [0.29, 0.717) is 0 Å². The Morgan fingerprint density at radius 1 is 0.279 bits per heavy atom. The van der Waals surface area contributed by atoms with Crippen molar-refractivity contribution in [2.24, 2.45) is 0 Å². The summed E-state index contributed by atoms with van der Waals surface area (Å²) in [7, 11) is 0. The molecular weight excluding hydrogens is 516 g/mol. The van der Waals surface area contributed by atoms with Crippen molar-refractivity contribution >= 4 is 32.3 Å². The Balaban J connectivity index is 1.42. The first-order valence-electron chi connectivity index (χ1n) is 15.1. The Kier molecular flexibility index (Phi) is 4.47. The maximum absolute atomic E-state index is 2.55. The van der Waals surface area contributed by atoms with Gasteiger partial charge in [0.1, 0.15) is 0 Å². The van der Waals surface area contributed by atoms with Gasteiger partial charge in [-0.2, -0.15) is 0 Å². The van der Waals surface area contributed by atoms with Crippen molar-refractivity contribution in [3.8, 4) is 33.4 Å². The van der Waals surface area contributed by atoms with Crippen LogP contribution in [-0.4, -0.2) is 0 Å². The first-order valence-corrected chi connectivity index (χ1v) is 15.1. The molecule has 0 amide bonds. The Labute approximate surface area is 250 Å². The van der Waals surface area contributed by atoms with E-state index in [0.717, 1.165) is 0 Å². The minimum atomic E-state index is -0.370. The molecular formula is C43H26. The molecule has 2 aliphatic carbocycles.